The van der Waals surface area contributed by atoms with Gasteiger partial charge in [0.15, 0.2) is 17.1 Å². The highest BCUT2D eigenvalue weighted by atomic mass is 16.6. The van der Waals surface area contributed by atoms with Crippen molar-refractivity contribution in [2.45, 2.75) is 0 Å². The number of rotatable bonds is 1. The molecule has 0 saturated carbocycles. The van der Waals surface area contributed by atoms with E-state index >= 15 is 0 Å². The molecule has 6 heteroatoms. The Kier molecular flexibility index (Phi) is 2.14. The molecule has 4 rings (SSSR count). The number of fused-ring (bicyclic) bond motifs is 2. The molecule has 0 atom stereocenters. The van der Waals surface area contributed by atoms with Crippen molar-refractivity contribution in [1.29, 1.82) is 0 Å². The molecule has 0 amide bonds. The summed E-state index contributed by atoms with van der Waals surface area (Å²) in [4.78, 5) is 15.6. The van der Waals surface area contributed by atoms with Crippen LogP contribution in [-0.2, 0) is 0 Å². The van der Waals surface area contributed by atoms with Gasteiger partial charge in [0.25, 0.3) is 0 Å². The molecule has 1 aromatic carbocycles. The number of imidazole rings is 1. The van der Waals surface area contributed by atoms with Crippen molar-refractivity contribution in [3.8, 4) is 22.8 Å². The summed E-state index contributed by atoms with van der Waals surface area (Å²) < 4.78 is 11.1. The largest absolute Gasteiger partial charge is 0.486 e. The molecule has 3 aromatic rings. The molecule has 0 spiro atoms. The minimum Gasteiger partial charge on any atom is -0.486 e. The Labute approximate surface area is 108 Å². The third-order valence-electron chi connectivity index (χ3n) is 3.04. The molecule has 94 valence electrons. The normalized spacial score (nSPS) is 13.7. The minimum atomic E-state index is 0.569. The number of nitrogens with zero attached hydrogens (tertiary/aromatic N) is 3. The average molecular weight is 254 g/mol. The standard InChI is InChI=1S/C13H10N4O2/c1-2-9-10(19-4-3-18-9)5-8(1)11-12-13(16-6-14-11)17-7-15-12/h1-2,5-7H,3-4H2,(H,14,15,16,17). The van der Waals surface area contributed by atoms with Crippen LogP contribution in [0.25, 0.3) is 22.4 Å². The number of benzene rings is 1. The van der Waals surface area contributed by atoms with Crippen LogP contribution in [0.2, 0.25) is 0 Å². The maximum absolute atomic E-state index is 5.58. The fraction of sp³-hybridized carbons (Fsp3) is 0.154. The van der Waals surface area contributed by atoms with Gasteiger partial charge in [-0.2, -0.15) is 0 Å². The first-order valence-corrected chi connectivity index (χ1v) is 5.96. The van der Waals surface area contributed by atoms with Crippen molar-refractivity contribution < 1.29 is 9.47 Å². The Balaban J connectivity index is 1.90. The molecule has 1 aliphatic rings. The van der Waals surface area contributed by atoms with Gasteiger partial charge in [-0.15, -0.1) is 0 Å². The van der Waals surface area contributed by atoms with E-state index in [1.54, 1.807) is 6.33 Å². The second-order valence-electron chi connectivity index (χ2n) is 4.18. The second-order valence-corrected chi connectivity index (χ2v) is 4.18. The van der Waals surface area contributed by atoms with Crippen molar-refractivity contribution in [2.24, 2.45) is 0 Å². The summed E-state index contributed by atoms with van der Waals surface area (Å²) >= 11 is 0. The molecule has 1 aliphatic heterocycles. The number of H-pyrrole nitrogens is 1. The van der Waals surface area contributed by atoms with Crippen molar-refractivity contribution in [3.63, 3.8) is 0 Å². The van der Waals surface area contributed by atoms with Crippen molar-refractivity contribution in [1.82, 2.24) is 19.9 Å². The van der Waals surface area contributed by atoms with Crippen LogP contribution in [0.15, 0.2) is 30.9 Å². The molecule has 0 radical (unpaired) electrons. The Bertz CT molecular complexity index is 753. The lowest BCUT2D eigenvalue weighted by molar-refractivity contribution is 0.171. The lowest BCUT2D eigenvalue weighted by Crippen LogP contribution is -2.15. The summed E-state index contributed by atoms with van der Waals surface area (Å²) in [6, 6.07) is 5.78. The first kappa shape index (κ1) is 10.3. The minimum absolute atomic E-state index is 0.569. The molecule has 3 heterocycles. The molecule has 0 bridgehead atoms. The molecule has 2 aromatic heterocycles. The van der Waals surface area contributed by atoms with Gasteiger partial charge in [0.2, 0.25) is 0 Å². The fourth-order valence-electron chi connectivity index (χ4n) is 2.17. The number of aromatic amines is 1. The lowest BCUT2D eigenvalue weighted by atomic mass is 10.1. The van der Waals surface area contributed by atoms with Gasteiger partial charge in [-0.1, -0.05) is 0 Å². The highest BCUT2D eigenvalue weighted by Crippen LogP contribution is 2.35. The van der Waals surface area contributed by atoms with Gasteiger partial charge in [0.05, 0.1) is 12.0 Å². The zero-order chi connectivity index (χ0) is 12.7. The summed E-state index contributed by atoms with van der Waals surface area (Å²) in [7, 11) is 0. The van der Waals surface area contributed by atoms with Crippen LogP contribution >= 0.6 is 0 Å². The third kappa shape index (κ3) is 1.61. The first-order valence-electron chi connectivity index (χ1n) is 5.96. The van der Waals surface area contributed by atoms with Crippen LogP contribution in [-0.4, -0.2) is 33.1 Å². The Morgan fingerprint density at radius 2 is 1.89 bits per heavy atom. The van der Waals surface area contributed by atoms with Gasteiger partial charge in [-0.25, -0.2) is 15.0 Å². The molecule has 1 N–H and O–H groups in total. The maximum atomic E-state index is 5.58. The summed E-state index contributed by atoms with van der Waals surface area (Å²) in [6.07, 6.45) is 3.12. The molecule has 6 nitrogen and oxygen atoms in total. The number of nitrogens with one attached hydrogen (secondary N) is 1. The van der Waals surface area contributed by atoms with Crippen molar-refractivity contribution in [2.75, 3.05) is 13.2 Å². The number of ether oxygens (including phenoxy) is 2. The SMILES string of the molecule is c1nc(-c2ccc3c(c2)OCCO3)c2[nH]cnc2n1. The topological polar surface area (TPSA) is 72.9 Å². The molecular formula is C13H10N4O2. The average Bonchev–Trinajstić information content (AvgIpc) is 2.95. The van der Waals surface area contributed by atoms with E-state index in [-0.39, 0.29) is 0 Å². The van der Waals surface area contributed by atoms with Crippen LogP contribution in [0.3, 0.4) is 0 Å². The number of hydrogen-bond donors (Lipinski definition) is 1. The Hall–Kier alpha value is -2.63. The fourth-order valence-corrected chi connectivity index (χ4v) is 2.17. The molecule has 0 fully saturated rings. The molecule has 19 heavy (non-hydrogen) atoms. The maximum Gasteiger partial charge on any atom is 0.181 e. The Morgan fingerprint density at radius 1 is 1.00 bits per heavy atom. The number of hydrogen-bond acceptors (Lipinski definition) is 5. The van der Waals surface area contributed by atoms with Gasteiger partial charge in [-0.05, 0) is 18.2 Å². The van der Waals surface area contributed by atoms with Crippen molar-refractivity contribution >= 4 is 11.2 Å². The summed E-state index contributed by atoms with van der Waals surface area (Å²) in [6.45, 7) is 1.16. The van der Waals surface area contributed by atoms with Crippen LogP contribution < -0.4 is 9.47 Å². The molecular weight excluding hydrogens is 244 g/mol. The quantitative estimate of drug-likeness (QED) is 0.716. The third-order valence-corrected chi connectivity index (χ3v) is 3.04. The summed E-state index contributed by atoms with van der Waals surface area (Å²) in [5.41, 5.74) is 3.22. The van der Waals surface area contributed by atoms with Gasteiger partial charge >= 0.3 is 0 Å². The monoisotopic (exact) mass is 254 g/mol. The first-order chi connectivity index (χ1) is 9.42. The lowest BCUT2D eigenvalue weighted by Gasteiger charge is -2.18. The van der Waals surface area contributed by atoms with Crippen LogP contribution in [0.5, 0.6) is 11.5 Å². The number of aromatic nitrogens is 4. The highest BCUT2D eigenvalue weighted by Gasteiger charge is 2.15. The summed E-state index contributed by atoms with van der Waals surface area (Å²) in [5.74, 6) is 1.51. The van der Waals surface area contributed by atoms with Crippen LogP contribution in [0, 0.1) is 0 Å². The van der Waals surface area contributed by atoms with E-state index in [4.69, 9.17) is 9.47 Å². The zero-order valence-electron chi connectivity index (χ0n) is 9.96. The van der Waals surface area contributed by atoms with Gasteiger partial charge in [-0.3, -0.25) is 0 Å². The van der Waals surface area contributed by atoms with Gasteiger partial charge < -0.3 is 14.5 Å². The highest BCUT2D eigenvalue weighted by molar-refractivity contribution is 5.87. The molecule has 0 unspecified atom stereocenters. The van der Waals surface area contributed by atoms with E-state index in [1.807, 2.05) is 18.2 Å². The Morgan fingerprint density at radius 3 is 2.84 bits per heavy atom. The van der Waals surface area contributed by atoms with E-state index in [0.29, 0.717) is 18.9 Å². The van der Waals surface area contributed by atoms with Gasteiger partial charge in [0.1, 0.15) is 25.1 Å². The molecule has 0 saturated heterocycles. The van der Waals surface area contributed by atoms with Crippen LogP contribution in [0.1, 0.15) is 0 Å². The van der Waals surface area contributed by atoms with E-state index in [0.717, 1.165) is 28.3 Å². The van der Waals surface area contributed by atoms with E-state index in [1.165, 1.54) is 6.33 Å². The second kappa shape index (κ2) is 3.94. The molecule has 0 aliphatic carbocycles. The van der Waals surface area contributed by atoms with E-state index in [2.05, 4.69) is 19.9 Å². The van der Waals surface area contributed by atoms with Crippen molar-refractivity contribution in [3.05, 3.63) is 30.9 Å². The predicted octanol–water partition coefficient (Wildman–Crippen LogP) is 1.79. The summed E-state index contributed by atoms with van der Waals surface area (Å²) in [5, 5.41) is 0. The smallest absolute Gasteiger partial charge is 0.181 e. The zero-order valence-corrected chi connectivity index (χ0v) is 9.96. The van der Waals surface area contributed by atoms with Gasteiger partial charge in [0, 0.05) is 5.56 Å². The van der Waals surface area contributed by atoms with Crippen LogP contribution in [0.4, 0.5) is 0 Å². The van der Waals surface area contributed by atoms with E-state index in [9.17, 15) is 0 Å². The predicted molar refractivity (Wildman–Crippen MR) is 68.1 cm³/mol. The van der Waals surface area contributed by atoms with E-state index < -0.39 is 0 Å².